The van der Waals surface area contributed by atoms with Gasteiger partial charge in [0, 0.05) is 11.3 Å². The normalized spacial score (nSPS) is 21.4. The number of rotatable bonds is 3. The van der Waals surface area contributed by atoms with E-state index in [0.29, 0.717) is 5.69 Å². The van der Waals surface area contributed by atoms with E-state index in [9.17, 15) is 14.7 Å². The number of esters is 1. The maximum absolute atomic E-state index is 11.8. The fourth-order valence-corrected chi connectivity index (χ4v) is 2.00. The average molecular weight is 249 g/mol. The Labute approximate surface area is 105 Å². The van der Waals surface area contributed by atoms with Gasteiger partial charge >= 0.3 is 5.97 Å². The third-order valence-electron chi connectivity index (χ3n) is 3.03. The first-order valence-corrected chi connectivity index (χ1v) is 5.88. The molecule has 0 saturated heterocycles. The van der Waals surface area contributed by atoms with Gasteiger partial charge in [-0.2, -0.15) is 0 Å². The molecular formula is C13H15NO4. The van der Waals surface area contributed by atoms with Crippen LogP contribution in [-0.2, 0) is 26.3 Å². The smallest absolute Gasteiger partial charge is 0.353 e. The predicted octanol–water partition coefficient (Wildman–Crippen LogP) is 0.952. The lowest BCUT2D eigenvalue weighted by atomic mass is 9.94. The number of carbonyl (C=O) groups excluding carboxylic acids is 2. The summed E-state index contributed by atoms with van der Waals surface area (Å²) in [7, 11) is 0. The molecule has 1 aromatic rings. The van der Waals surface area contributed by atoms with Crippen LogP contribution >= 0.6 is 0 Å². The van der Waals surface area contributed by atoms with Gasteiger partial charge in [-0.25, -0.2) is 4.79 Å². The summed E-state index contributed by atoms with van der Waals surface area (Å²) in [5, 5.41) is 12.8. The Balaban J connectivity index is 2.47. The van der Waals surface area contributed by atoms with E-state index < -0.39 is 17.5 Å². The van der Waals surface area contributed by atoms with Crippen molar-refractivity contribution in [3.05, 3.63) is 29.3 Å². The molecule has 0 saturated carbocycles. The number of amides is 1. The van der Waals surface area contributed by atoms with E-state index in [-0.39, 0.29) is 12.2 Å². The second-order valence-corrected chi connectivity index (χ2v) is 4.12. The number of ether oxygens (including phenoxy) is 1. The van der Waals surface area contributed by atoms with Crippen LogP contribution in [-0.4, -0.2) is 23.6 Å². The van der Waals surface area contributed by atoms with E-state index in [0.717, 1.165) is 12.0 Å². The number of benzene rings is 1. The van der Waals surface area contributed by atoms with Gasteiger partial charge in [0.1, 0.15) is 0 Å². The molecule has 1 heterocycles. The molecule has 2 N–H and O–H groups in total. The molecule has 0 bridgehead atoms. The van der Waals surface area contributed by atoms with E-state index in [1.165, 1.54) is 0 Å². The first kappa shape index (κ1) is 12.6. The van der Waals surface area contributed by atoms with Crippen molar-refractivity contribution in [2.45, 2.75) is 25.9 Å². The first-order chi connectivity index (χ1) is 8.53. The van der Waals surface area contributed by atoms with Gasteiger partial charge in [-0.3, -0.25) is 4.79 Å². The van der Waals surface area contributed by atoms with Crippen molar-refractivity contribution in [3.8, 4) is 0 Å². The number of aryl methyl sites for hydroxylation is 1. The zero-order valence-corrected chi connectivity index (χ0v) is 10.3. The minimum atomic E-state index is -2.22. The number of fused-ring (bicyclic) bond motifs is 1. The topological polar surface area (TPSA) is 75.6 Å². The number of nitrogens with one attached hydrogen (secondary N) is 1. The summed E-state index contributed by atoms with van der Waals surface area (Å²) in [4.78, 5) is 23.6. The Hall–Kier alpha value is -1.88. The van der Waals surface area contributed by atoms with Gasteiger partial charge in [-0.05, 0) is 25.0 Å². The third kappa shape index (κ3) is 1.67. The number of carbonyl (C=O) groups is 2. The third-order valence-corrected chi connectivity index (χ3v) is 3.03. The maximum atomic E-state index is 11.8. The molecule has 1 aromatic carbocycles. The highest BCUT2D eigenvalue weighted by molar-refractivity contribution is 6.17. The minimum absolute atomic E-state index is 0.108. The summed E-state index contributed by atoms with van der Waals surface area (Å²) in [5.41, 5.74) is -0.488. The molecule has 1 aliphatic heterocycles. The Kier molecular flexibility index (Phi) is 3.09. The molecular weight excluding hydrogens is 234 g/mol. The van der Waals surface area contributed by atoms with Crippen molar-refractivity contribution >= 4 is 17.6 Å². The monoisotopic (exact) mass is 249 g/mol. The quantitative estimate of drug-likeness (QED) is 0.617. The van der Waals surface area contributed by atoms with Crippen LogP contribution in [0.15, 0.2) is 18.2 Å². The van der Waals surface area contributed by atoms with Crippen LogP contribution in [0.25, 0.3) is 0 Å². The molecule has 18 heavy (non-hydrogen) atoms. The van der Waals surface area contributed by atoms with Gasteiger partial charge in [0.05, 0.1) is 6.61 Å². The van der Waals surface area contributed by atoms with Crippen molar-refractivity contribution in [1.82, 2.24) is 0 Å². The molecule has 0 aromatic heterocycles. The average Bonchev–Trinajstić information content (AvgIpc) is 2.62. The summed E-state index contributed by atoms with van der Waals surface area (Å²) >= 11 is 0. The molecule has 1 atom stereocenters. The van der Waals surface area contributed by atoms with Crippen LogP contribution in [0.3, 0.4) is 0 Å². The zero-order valence-electron chi connectivity index (χ0n) is 10.3. The largest absolute Gasteiger partial charge is 0.463 e. The standard InChI is InChI=1S/C13H15NO4/c1-3-8-5-6-9-10(7-8)14-11(15)13(9,17)12(16)18-4-2/h5-7,17H,3-4H2,1-2H3,(H,14,15). The molecule has 5 heteroatoms. The van der Waals surface area contributed by atoms with Gasteiger partial charge in [0.25, 0.3) is 11.5 Å². The van der Waals surface area contributed by atoms with Crippen LogP contribution in [0.5, 0.6) is 0 Å². The fraction of sp³-hybridized carbons (Fsp3) is 0.385. The molecule has 0 aliphatic carbocycles. The summed E-state index contributed by atoms with van der Waals surface area (Å²) in [6, 6.07) is 5.12. The fourth-order valence-electron chi connectivity index (χ4n) is 2.00. The van der Waals surface area contributed by atoms with Crippen molar-refractivity contribution in [2.24, 2.45) is 0 Å². The summed E-state index contributed by atoms with van der Waals surface area (Å²) in [6.45, 7) is 3.71. The van der Waals surface area contributed by atoms with E-state index in [4.69, 9.17) is 4.74 Å². The molecule has 0 fully saturated rings. The Bertz CT molecular complexity index is 512. The van der Waals surface area contributed by atoms with Crippen molar-refractivity contribution in [3.63, 3.8) is 0 Å². The number of aliphatic hydroxyl groups is 1. The highest BCUT2D eigenvalue weighted by Gasteiger charge is 2.53. The molecule has 1 amide bonds. The lowest BCUT2D eigenvalue weighted by Gasteiger charge is -2.18. The lowest BCUT2D eigenvalue weighted by molar-refractivity contribution is -0.169. The predicted molar refractivity (Wildman–Crippen MR) is 65.0 cm³/mol. The van der Waals surface area contributed by atoms with Crippen LogP contribution < -0.4 is 5.32 Å². The van der Waals surface area contributed by atoms with E-state index in [1.54, 1.807) is 25.1 Å². The lowest BCUT2D eigenvalue weighted by Crippen LogP contribution is -2.43. The molecule has 96 valence electrons. The summed E-state index contributed by atoms with van der Waals surface area (Å²) < 4.78 is 4.76. The van der Waals surface area contributed by atoms with Gasteiger partial charge in [-0.1, -0.05) is 19.1 Å². The zero-order chi connectivity index (χ0) is 13.3. The molecule has 2 rings (SSSR count). The van der Waals surface area contributed by atoms with E-state index >= 15 is 0 Å². The molecule has 0 radical (unpaired) electrons. The summed E-state index contributed by atoms with van der Waals surface area (Å²) in [5.74, 6) is -1.70. The molecule has 5 nitrogen and oxygen atoms in total. The van der Waals surface area contributed by atoms with E-state index in [1.807, 2.05) is 6.92 Å². The number of hydrogen-bond acceptors (Lipinski definition) is 4. The maximum Gasteiger partial charge on any atom is 0.353 e. The summed E-state index contributed by atoms with van der Waals surface area (Å²) in [6.07, 6.45) is 0.807. The second-order valence-electron chi connectivity index (χ2n) is 4.12. The van der Waals surface area contributed by atoms with Crippen LogP contribution in [0.4, 0.5) is 5.69 Å². The Morgan fingerprint density at radius 2 is 2.17 bits per heavy atom. The molecule has 0 spiro atoms. The number of hydrogen-bond donors (Lipinski definition) is 2. The second kappa shape index (κ2) is 4.42. The highest BCUT2D eigenvalue weighted by atomic mass is 16.5. The Morgan fingerprint density at radius 1 is 1.44 bits per heavy atom. The molecule has 1 unspecified atom stereocenters. The first-order valence-electron chi connectivity index (χ1n) is 5.88. The Morgan fingerprint density at radius 3 is 2.78 bits per heavy atom. The van der Waals surface area contributed by atoms with Crippen LogP contribution in [0.2, 0.25) is 0 Å². The molecule has 1 aliphatic rings. The van der Waals surface area contributed by atoms with E-state index in [2.05, 4.69) is 5.32 Å². The van der Waals surface area contributed by atoms with Crippen molar-refractivity contribution in [2.75, 3.05) is 11.9 Å². The van der Waals surface area contributed by atoms with Crippen molar-refractivity contribution < 1.29 is 19.4 Å². The van der Waals surface area contributed by atoms with Crippen LogP contribution in [0, 0.1) is 0 Å². The number of anilines is 1. The van der Waals surface area contributed by atoms with Gasteiger partial charge < -0.3 is 15.2 Å². The van der Waals surface area contributed by atoms with Gasteiger partial charge in [0.2, 0.25) is 0 Å². The minimum Gasteiger partial charge on any atom is -0.463 e. The van der Waals surface area contributed by atoms with Crippen LogP contribution in [0.1, 0.15) is 25.0 Å². The van der Waals surface area contributed by atoms with Gasteiger partial charge in [-0.15, -0.1) is 0 Å². The highest BCUT2D eigenvalue weighted by Crippen LogP contribution is 2.37. The SMILES string of the molecule is CCOC(=O)C1(O)C(=O)Nc2cc(CC)ccc21. The van der Waals surface area contributed by atoms with Crippen molar-refractivity contribution in [1.29, 1.82) is 0 Å². The van der Waals surface area contributed by atoms with Gasteiger partial charge in [0.15, 0.2) is 0 Å².